The lowest BCUT2D eigenvalue weighted by Crippen LogP contribution is -2.45. The molecule has 5 nitrogen and oxygen atoms in total. The molecular weight excluding hydrogens is 313 g/mol. The van der Waals surface area contributed by atoms with Crippen LogP contribution in [0.2, 0.25) is 0 Å². The molecular formula is C15H19F3N2O3. The highest BCUT2D eigenvalue weighted by atomic mass is 19.4. The molecule has 1 aliphatic heterocycles. The first-order valence-electron chi connectivity index (χ1n) is 7.24. The van der Waals surface area contributed by atoms with Crippen LogP contribution < -0.4 is 10.2 Å². The summed E-state index contributed by atoms with van der Waals surface area (Å²) >= 11 is 0. The number of amides is 1. The number of morpholine rings is 1. The van der Waals surface area contributed by atoms with E-state index >= 15 is 0 Å². The molecule has 0 spiro atoms. The lowest BCUT2D eigenvalue weighted by molar-refractivity contribution is -0.159. The minimum atomic E-state index is -4.54. The molecule has 0 unspecified atom stereocenters. The van der Waals surface area contributed by atoms with Crippen molar-refractivity contribution in [3.8, 4) is 0 Å². The fourth-order valence-corrected chi connectivity index (χ4v) is 2.45. The molecule has 128 valence electrons. The average molecular weight is 332 g/mol. The van der Waals surface area contributed by atoms with Gasteiger partial charge in [-0.05, 0) is 38.1 Å². The summed E-state index contributed by atoms with van der Waals surface area (Å²) in [4.78, 5) is 13.4. The Morgan fingerprint density at radius 3 is 2.35 bits per heavy atom. The van der Waals surface area contributed by atoms with E-state index in [2.05, 4.69) is 15.0 Å². The van der Waals surface area contributed by atoms with Crippen LogP contribution in [0.1, 0.15) is 13.8 Å². The topological polar surface area (TPSA) is 50.8 Å². The molecule has 23 heavy (non-hydrogen) atoms. The zero-order valence-corrected chi connectivity index (χ0v) is 12.9. The van der Waals surface area contributed by atoms with E-state index in [1.54, 1.807) is 24.3 Å². The summed E-state index contributed by atoms with van der Waals surface area (Å²) in [5.41, 5.74) is 1.33. The Morgan fingerprint density at radius 1 is 1.26 bits per heavy atom. The van der Waals surface area contributed by atoms with Crippen molar-refractivity contribution in [1.82, 2.24) is 0 Å². The minimum absolute atomic E-state index is 0.119. The zero-order valence-electron chi connectivity index (χ0n) is 12.9. The first kappa shape index (κ1) is 17.4. The number of rotatable bonds is 3. The van der Waals surface area contributed by atoms with Crippen molar-refractivity contribution >= 4 is 17.5 Å². The van der Waals surface area contributed by atoms with Crippen LogP contribution in [0.15, 0.2) is 24.3 Å². The van der Waals surface area contributed by atoms with E-state index in [1.165, 1.54) is 0 Å². The largest absolute Gasteiger partial charge is 0.440 e. The van der Waals surface area contributed by atoms with E-state index in [9.17, 15) is 18.0 Å². The van der Waals surface area contributed by atoms with Gasteiger partial charge in [0.05, 0.1) is 12.2 Å². The summed E-state index contributed by atoms with van der Waals surface area (Å²) < 4.78 is 45.6. The highest BCUT2D eigenvalue weighted by molar-refractivity contribution is 5.84. The van der Waals surface area contributed by atoms with Crippen LogP contribution in [0.25, 0.3) is 0 Å². The first-order valence-corrected chi connectivity index (χ1v) is 7.24. The number of carbonyl (C=O) groups is 1. The molecule has 1 aromatic carbocycles. The monoisotopic (exact) mass is 332 g/mol. The summed E-state index contributed by atoms with van der Waals surface area (Å²) in [6.07, 6.45) is -5.43. The fourth-order valence-electron chi connectivity index (χ4n) is 2.45. The van der Waals surface area contributed by atoms with Crippen molar-refractivity contribution in [3.63, 3.8) is 0 Å². The van der Waals surface area contributed by atoms with Gasteiger partial charge in [0.15, 0.2) is 6.61 Å². The van der Waals surface area contributed by atoms with E-state index < -0.39 is 18.9 Å². The number of anilines is 2. The van der Waals surface area contributed by atoms with Crippen molar-refractivity contribution in [2.75, 3.05) is 29.9 Å². The van der Waals surface area contributed by atoms with Gasteiger partial charge in [-0.2, -0.15) is 13.2 Å². The summed E-state index contributed by atoms with van der Waals surface area (Å²) in [5, 5.41) is 2.26. The van der Waals surface area contributed by atoms with Gasteiger partial charge in [0.25, 0.3) is 0 Å². The molecule has 1 amide bonds. The number of carbonyl (C=O) groups excluding carboxylic acids is 1. The zero-order chi connectivity index (χ0) is 17.0. The second-order valence-electron chi connectivity index (χ2n) is 5.53. The van der Waals surface area contributed by atoms with Gasteiger partial charge in [-0.1, -0.05) is 0 Å². The minimum Gasteiger partial charge on any atom is -0.440 e. The second kappa shape index (κ2) is 7.08. The van der Waals surface area contributed by atoms with E-state index in [4.69, 9.17) is 4.74 Å². The summed E-state index contributed by atoms with van der Waals surface area (Å²) in [7, 11) is 0. The van der Waals surface area contributed by atoms with E-state index in [0.717, 1.165) is 18.8 Å². The third kappa shape index (κ3) is 5.63. The Morgan fingerprint density at radius 2 is 1.83 bits per heavy atom. The first-order chi connectivity index (χ1) is 10.7. The number of benzene rings is 1. The fraction of sp³-hybridized carbons (Fsp3) is 0.533. The van der Waals surface area contributed by atoms with Crippen LogP contribution in [0.5, 0.6) is 0 Å². The Kier molecular flexibility index (Phi) is 5.35. The molecule has 1 fully saturated rings. The van der Waals surface area contributed by atoms with Crippen LogP contribution in [-0.2, 0) is 9.47 Å². The van der Waals surface area contributed by atoms with Gasteiger partial charge in [0.1, 0.15) is 0 Å². The highest BCUT2D eigenvalue weighted by Crippen LogP contribution is 2.22. The molecule has 1 N–H and O–H groups in total. The Bertz CT molecular complexity index is 524. The van der Waals surface area contributed by atoms with Crippen molar-refractivity contribution in [1.29, 1.82) is 0 Å². The number of hydrogen-bond acceptors (Lipinski definition) is 4. The summed E-state index contributed by atoms with van der Waals surface area (Å²) in [6, 6.07) is 6.83. The number of nitrogens with one attached hydrogen (secondary N) is 1. The molecule has 0 aliphatic carbocycles. The standard InChI is InChI=1S/C15H19F3N2O3/c1-10-7-20(8-11(2)23-10)13-5-3-12(4-6-13)19-14(21)22-9-15(16,17)18/h3-6,10-11H,7-9H2,1-2H3,(H,19,21)/t10-,11+. The maximum absolute atomic E-state index is 12.0. The van der Waals surface area contributed by atoms with E-state index in [0.29, 0.717) is 5.69 Å². The van der Waals surface area contributed by atoms with Gasteiger partial charge in [-0.25, -0.2) is 4.79 Å². The number of ether oxygens (including phenoxy) is 2. The maximum atomic E-state index is 12.0. The molecule has 1 aromatic rings. The van der Waals surface area contributed by atoms with Gasteiger partial charge in [0, 0.05) is 24.5 Å². The third-order valence-corrected chi connectivity index (χ3v) is 3.27. The molecule has 0 aromatic heterocycles. The van der Waals surface area contributed by atoms with Gasteiger partial charge >= 0.3 is 12.3 Å². The van der Waals surface area contributed by atoms with Gasteiger partial charge in [-0.3, -0.25) is 5.32 Å². The molecule has 0 bridgehead atoms. The smallest absolute Gasteiger partial charge is 0.422 e. The van der Waals surface area contributed by atoms with E-state index in [1.807, 2.05) is 13.8 Å². The molecule has 2 atom stereocenters. The van der Waals surface area contributed by atoms with Gasteiger partial charge < -0.3 is 14.4 Å². The Labute approximate surface area is 132 Å². The summed E-state index contributed by atoms with van der Waals surface area (Å²) in [5.74, 6) is 0. The molecule has 8 heteroatoms. The van der Waals surface area contributed by atoms with E-state index in [-0.39, 0.29) is 12.2 Å². The molecule has 0 saturated carbocycles. The quantitative estimate of drug-likeness (QED) is 0.922. The predicted octanol–water partition coefficient (Wildman–Crippen LogP) is 3.41. The Hall–Kier alpha value is -1.96. The molecule has 1 aliphatic rings. The van der Waals surface area contributed by atoms with Gasteiger partial charge in [-0.15, -0.1) is 0 Å². The Balaban J connectivity index is 1.90. The van der Waals surface area contributed by atoms with Crippen LogP contribution in [0.4, 0.5) is 29.3 Å². The van der Waals surface area contributed by atoms with Crippen molar-refractivity contribution in [3.05, 3.63) is 24.3 Å². The predicted molar refractivity (Wildman–Crippen MR) is 79.7 cm³/mol. The number of nitrogens with zero attached hydrogens (tertiary/aromatic N) is 1. The van der Waals surface area contributed by atoms with Crippen molar-refractivity contribution in [2.24, 2.45) is 0 Å². The number of alkyl halides is 3. The van der Waals surface area contributed by atoms with Crippen molar-refractivity contribution < 1.29 is 27.4 Å². The normalized spacial score (nSPS) is 21.9. The van der Waals surface area contributed by atoms with Crippen LogP contribution in [0, 0.1) is 0 Å². The van der Waals surface area contributed by atoms with Crippen LogP contribution in [-0.4, -0.2) is 44.2 Å². The lowest BCUT2D eigenvalue weighted by atomic mass is 10.2. The second-order valence-corrected chi connectivity index (χ2v) is 5.53. The molecule has 1 heterocycles. The molecule has 0 radical (unpaired) electrons. The van der Waals surface area contributed by atoms with Crippen LogP contribution >= 0.6 is 0 Å². The SMILES string of the molecule is C[C@@H]1CN(c2ccc(NC(=O)OCC(F)(F)F)cc2)C[C@H](C)O1. The van der Waals surface area contributed by atoms with Crippen LogP contribution in [0.3, 0.4) is 0 Å². The molecule has 1 saturated heterocycles. The average Bonchev–Trinajstić information content (AvgIpc) is 2.44. The highest BCUT2D eigenvalue weighted by Gasteiger charge is 2.29. The van der Waals surface area contributed by atoms with Gasteiger partial charge in [0.2, 0.25) is 0 Å². The number of hydrogen-bond donors (Lipinski definition) is 1. The maximum Gasteiger partial charge on any atom is 0.422 e. The number of halogens is 3. The third-order valence-electron chi connectivity index (χ3n) is 3.27. The molecule has 2 rings (SSSR count). The lowest BCUT2D eigenvalue weighted by Gasteiger charge is -2.36. The summed E-state index contributed by atoms with van der Waals surface area (Å²) in [6.45, 7) is 3.89. The van der Waals surface area contributed by atoms with Crippen molar-refractivity contribution in [2.45, 2.75) is 32.2 Å².